The van der Waals surface area contributed by atoms with Crippen molar-refractivity contribution in [3.63, 3.8) is 0 Å². The summed E-state index contributed by atoms with van der Waals surface area (Å²) in [6, 6.07) is 4.55. The van der Waals surface area contributed by atoms with Crippen LogP contribution in [0.5, 0.6) is 0 Å². The van der Waals surface area contributed by atoms with Gasteiger partial charge in [-0.05, 0) is 56.6 Å². The molecular formula is C19H30N2O2S. The molecule has 0 radical (unpaired) electrons. The first-order valence-electron chi connectivity index (χ1n) is 9.33. The van der Waals surface area contributed by atoms with Gasteiger partial charge in [0.25, 0.3) is 0 Å². The van der Waals surface area contributed by atoms with Gasteiger partial charge in [0.2, 0.25) is 5.91 Å². The predicted molar refractivity (Wildman–Crippen MR) is 98.2 cm³/mol. The minimum absolute atomic E-state index is 0.0159. The molecule has 2 atom stereocenters. The Balaban J connectivity index is 1.56. The van der Waals surface area contributed by atoms with E-state index in [2.05, 4.69) is 34.2 Å². The van der Waals surface area contributed by atoms with Crippen LogP contribution in [0.3, 0.4) is 0 Å². The molecule has 1 aromatic rings. The molecule has 0 saturated carbocycles. The van der Waals surface area contributed by atoms with Crippen LogP contribution >= 0.6 is 11.3 Å². The Morgan fingerprint density at radius 1 is 1.42 bits per heavy atom. The molecule has 1 aromatic heterocycles. The number of hydrogen-bond acceptors (Lipinski definition) is 4. The lowest BCUT2D eigenvalue weighted by Crippen LogP contribution is -2.63. The third-order valence-electron chi connectivity index (χ3n) is 6.01. The van der Waals surface area contributed by atoms with Crippen molar-refractivity contribution in [2.24, 2.45) is 5.41 Å². The molecule has 0 spiro atoms. The summed E-state index contributed by atoms with van der Waals surface area (Å²) in [7, 11) is 0. The Bertz CT molecular complexity index is 533. The molecule has 2 saturated heterocycles. The quantitative estimate of drug-likeness (QED) is 0.858. The molecule has 0 aliphatic carbocycles. The maximum Gasteiger partial charge on any atom is 0.222 e. The third kappa shape index (κ3) is 3.68. The molecule has 0 aromatic carbocycles. The molecule has 2 aliphatic rings. The van der Waals surface area contributed by atoms with E-state index in [4.69, 9.17) is 0 Å². The van der Waals surface area contributed by atoms with Crippen LogP contribution in [0.4, 0.5) is 0 Å². The summed E-state index contributed by atoms with van der Waals surface area (Å²) in [4.78, 5) is 18.5. The number of rotatable bonds is 6. The van der Waals surface area contributed by atoms with Crippen LogP contribution < -0.4 is 0 Å². The minimum atomic E-state index is 0.0159. The van der Waals surface area contributed by atoms with Crippen molar-refractivity contribution in [1.29, 1.82) is 0 Å². The van der Waals surface area contributed by atoms with Gasteiger partial charge in [-0.3, -0.25) is 9.69 Å². The number of fused-ring (bicyclic) bond motifs is 1. The number of aryl methyl sites for hydroxylation is 1. The second kappa shape index (κ2) is 7.98. The van der Waals surface area contributed by atoms with Crippen LogP contribution in [0.1, 0.15) is 43.9 Å². The van der Waals surface area contributed by atoms with E-state index in [1.165, 1.54) is 11.3 Å². The largest absolute Gasteiger partial charge is 0.396 e. The molecule has 5 heteroatoms. The van der Waals surface area contributed by atoms with Crippen LogP contribution in [0, 0.1) is 5.41 Å². The van der Waals surface area contributed by atoms with Gasteiger partial charge in [0.1, 0.15) is 0 Å². The summed E-state index contributed by atoms with van der Waals surface area (Å²) in [6.07, 6.45) is 5.79. The molecular weight excluding hydrogens is 320 g/mol. The average molecular weight is 351 g/mol. The lowest BCUT2D eigenvalue weighted by atomic mass is 9.69. The smallest absolute Gasteiger partial charge is 0.222 e. The molecule has 134 valence electrons. The molecule has 1 amide bonds. The zero-order valence-corrected chi connectivity index (χ0v) is 15.6. The highest BCUT2D eigenvalue weighted by Crippen LogP contribution is 2.42. The summed E-state index contributed by atoms with van der Waals surface area (Å²) in [6.45, 7) is 6.17. The molecule has 2 aliphatic heterocycles. The fourth-order valence-electron chi connectivity index (χ4n) is 4.50. The maximum atomic E-state index is 12.6. The summed E-state index contributed by atoms with van der Waals surface area (Å²) in [5, 5.41) is 12.1. The lowest BCUT2D eigenvalue weighted by Gasteiger charge is -2.54. The van der Waals surface area contributed by atoms with Gasteiger partial charge in [0.15, 0.2) is 0 Å². The summed E-state index contributed by atoms with van der Waals surface area (Å²) < 4.78 is 0. The number of amides is 1. The molecule has 24 heavy (non-hydrogen) atoms. The third-order valence-corrected chi connectivity index (χ3v) is 6.94. The fourth-order valence-corrected chi connectivity index (χ4v) is 5.25. The van der Waals surface area contributed by atoms with Crippen molar-refractivity contribution < 1.29 is 9.90 Å². The van der Waals surface area contributed by atoms with Crippen molar-refractivity contribution in [2.75, 3.05) is 32.8 Å². The van der Waals surface area contributed by atoms with Crippen molar-refractivity contribution in [1.82, 2.24) is 9.80 Å². The first-order valence-corrected chi connectivity index (χ1v) is 10.2. The minimum Gasteiger partial charge on any atom is -0.396 e. The standard InChI is InChI=1S/C19H30N2O2S/c1-2-20-11-5-9-19(15-22)10-12-21(14-17(19)20)18(23)8-3-6-16-7-4-13-24-16/h4,7,13,17,22H,2-3,5-6,8-12,14-15H2,1H3/t17-,19-/m1/s1. The van der Waals surface area contributed by atoms with E-state index in [0.29, 0.717) is 18.4 Å². The Labute approximate surface area is 149 Å². The van der Waals surface area contributed by atoms with Crippen LogP contribution in [0.15, 0.2) is 17.5 Å². The number of carbonyl (C=O) groups excluding carboxylic acids is 1. The molecule has 1 N–H and O–H groups in total. The number of likely N-dealkylation sites (tertiary alicyclic amines) is 2. The Morgan fingerprint density at radius 3 is 3.00 bits per heavy atom. The molecule has 0 unspecified atom stereocenters. The first kappa shape index (κ1) is 17.9. The monoisotopic (exact) mass is 350 g/mol. The highest BCUT2D eigenvalue weighted by Gasteiger charge is 2.47. The molecule has 3 heterocycles. The van der Waals surface area contributed by atoms with E-state index in [-0.39, 0.29) is 12.0 Å². The van der Waals surface area contributed by atoms with E-state index in [9.17, 15) is 9.90 Å². The zero-order chi connectivity index (χ0) is 17.0. The second-order valence-corrected chi connectivity index (χ2v) is 8.32. The van der Waals surface area contributed by atoms with Crippen molar-refractivity contribution >= 4 is 17.2 Å². The first-order chi connectivity index (χ1) is 11.7. The van der Waals surface area contributed by atoms with Crippen LogP contribution in [-0.2, 0) is 11.2 Å². The van der Waals surface area contributed by atoms with Crippen LogP contribution in [-0.4, -0.2) is 59.6 Å². The highest BCUT2D eigenvalue weighted by atomic mass is 32.1. The summed E-state index contributed by atoms with van der Waals surface area (Å²) in [5.74, 6) is 0.291. The highest BCUT2D eigenvalue weighted by molar-refractivity contribution is 7.09. The summed E-state index contributed by atoms with van der Waals surface area (Å²) >= 11 is 1.77. The number of nitrogens with zero attached hydrogens (tertiary/aromatic N) is 2. The SMILES string of the molecule is CCN1CCC[C@]2(CO)CCN(C(=O)CCCc3cccs3)C[C@@H]12. The Hall–Kier alpha value is -0.910. The van der Waals surface area contributed by atoms with Gasteiger partial charge in [-0.15, -0.1) is 11.3 Å². The lowest BCUT2D eigenvalue weighted by molar-refractivity contribution is -0.140. The molecule has 3 rings (SSSR count). The number of piperidine rings is 2. The Kier molecular flexibility index (Phi) is 5.95. The number of hydrogen-bond donors (Lipinski definition) is 1. The number of aliphatic hydroxyl groups is 1. The van der Waals surface area contributed by atoms with Gasteiger partial charge in [-0.25, -0.2) is 0 Å². The average Bonchev–Trinajstić information content (AvgIpc) is 3.13. The normalized spacial score (nSPS) is 27.9. The molecule has 4 nitrogen and oxygen atoms in total. The van der Waals surface area contributed by atoms with Gasteiger partial charge in [0, 0.05) is 35.8 Å². The van der Waals surface area contributed by atoms with Gasteiger partial charge in [0.05, 0.1) is 6.61 Å². The number of likely N-dealkylation sites (N-methyl/N-ethyl adjacent to an activating group) is 1. The Morgan fingerprint density at radius 2 is 2.29 bits per heavy atom. The topological polar surface area (TPSA) is 43.8 Å². The van der Waals surface area contributed by atoms with Gasteiger partial charge >= 0.3 is 0 Å². The van der Waals surface area contributed by atoms with Crippen molar-refractivity contribution in [2.45, 2.75) is 51.5 Å². The maximum absolute atomic E-state index is 12.6. The van der Waals surface area contributed by atoms with Crippen molar-refractivity contribution in [3.8, 4) is 0 Å². The number of aliphatic hydroxyl groups excluding tert-OH is 1. The van der Waals surface area contributed by atoms with Gasteiger partial charge in [-0.1, -0.05) is 13.0 Å². The van der Waals surface area contributed by atoms with Crippen LogP contribution in [0.25, 0.3) is 0 Å². The second-order valence-electron chi connectivity index (χ2n) is 7.29. The zero-order valence-electron chi connectivity index (χ0n) is 14.7. The van der Waals surface area contributed by atoms with Gasteiger partial charge in [-0.2, -0.15) is 0 Å². The van der Waals surface area contributed by atoms with E-state index < -0.39 is 0 Å². The molecule has 0 bridgehead atoms. The van der Waals surface area contributed by atoms with Crippen LogP contribution in [0.2, 0.25) is 0 Å². The molecule has 2 fully saturated rings. The van der Waals surface area contributed by atoms with E-state index in [1.807, 2.05) is 0 Å². The van der Waals surface area contributed by atoms with Gasteiger partial charge < -0.3 is 10.0 Å². The van der Waals surface area contributed by atoms with Crippen molar-refractivity contribution in [3.05, 3.63) is 22.4 Å². The number of thiophene rings is 1. The van der Waals surface area contributed by atoms with E-state index >= 15 is 0 Å². The van der Waals surface area contributed by atoms with E-state index in [1.54, 1.807) is 11.3 Å². The predicted octanol–water partition coefficient (Wildman–Crippen LogP) is 2.77. The fraction of sp³-hybridized carbons (Fsp3) is 0.737. The number of carbonyl (C=O) groups is 1. The summed E-state index contributed by atoms with van der Waals surface area (Å²) in [5.41, 5.74) is 0.0159. The van der Waals surface area contributed by atoms with E-state index in [0.717, 1.165) is 51.9 Å².